The number of furan rings is 1. The predicted molar refractivity (Wildman–Crippen MR) is 81.3 cm³/mol. The molecule has 1 spiro atoms. The van der Waals surface area contributed by atoms with E-state index in [1.165, 1.54) is 5.56 Å². The van der Waals surface area contributed by atoms with Crippen LogP contribution in [0.4, 0.5) is 0 Å². The predicted octanol–water partition coefficient (Wildman–Crippen LogP) is 3.21. The number of hydrogen-bond acceptors (Lipinski definition) is 4. The minimum absolute atomic E-state index is 0.0370. The molecule has 0 aromatic carbocycles. The molecule has 2 aliphatic heterocycles. The van der Waals surface area contributed by atoms with E-state index in [2.05, 4.69) is 25.2 Å². The van der Waals surface area contributed by atoms with Crippen molar-refractivity contribution < 1.29 is 13.9 Å². The minimum Gasteiger partial charge on any atom is -0.467 e. The summed E-state index contributed by atoms with van der Waals surface area (Å²) in [4.78, 5) is 0. The standard InChI is InChI=1S/C17H27NO3/c1-3-18-15(16-13(2)4-8-20-16)14-5-9-21-17(12-14)6-10-19-11-7-17/h4,8,14-15,18H,3,5-7,9-12H2,1-2H3. The van der Waals surface area contributed by atoms with Crippen LogP contribution in [0.3, 0.4) is 0 Å². The van der Waals surface area contributed by atoms with Gasteiger partial charge in [-0.05, 0) is 56.7 Å². The summed E-state index contributed by atoms with van der Waals surface area (Å²) in [5.41, 5.74) is 1.28. The van der Waals surface area contributed by atoms with E-state index in [0.717, 1.165) is 57.8 Å². The number of rotatable bonds is 4. The minimum atomic E-state index is 0.0370. The Bertz CT molecular complexity index is 445. The molecule has 118 valence electrons. The first-order chi connectivity index (χ1) is 10.2. The maximum Gasteiger partial charge on any atom is 0.123 e. The normalized spacial score (nSPS) is 26.9. The second kappa shape index (κ2) is 6.51. The van der Waals surface area contributed by atoms with Gasteiger partial charge in [-0.2, -0.15) is 0 Å². The lowest BCUT2D eigenvalue weighted by molar-refractivity contribution is -0.150. The van der Waals surface area contributed by atoms with Gasteiger partial charge in [0.25, 0.3) is 0 Å². The SMILES string of the molecule is CCNC(c1occc1C)C1CCOC2(CCOCC2)C1. The Balaban J connectivity index is 1.77. The van der Waals surface area contributed by atoms with E-state index in [4.69, 9.17) is 13.9 Å². The Labute approximate surface area is 127 Å². The molecule has 0 saturated carbocycles. The van der Waals surface area contributed by atoms with Gasteiger partial charge >= 0.3 is 0 Å². The molecule has 2 aliphatic rings. The Morgan fingerprint density at radius 1 is 1.33 bits per heavy atom. The zero-order valence-corrected chi connectivity index (χ0v) is 13.2. The van der Waals surface area contributed by atoms with Gasteiger partial charge in [-0.3, -0.25) is 0 Å². The van der Waals surface area contributed by atoms with Crippen LogP contribution in [0.1, 0.15) is 50.0 Å². The van der Waals surface area contributed by atoms with Crippen LogP contribution in [0.5, 0.6) is 0 Å². The summed E-state index contributed by atoms with van der Waals surface area (Å²) < 4.78 is 17.5. The third kappa shape index (κ3) is 3.17. The monoisotopic (exact) mass is 293 g/mol. The van der Waals surface area contributed by atoms with Crippen molar-refractivity contribution in [2.45, 2.75) is 51.2 Å². The van der Waals surface area contributed by atoms with E-state index in [1.54, 1.807) is 6.26 Å². The van der Waals surface area contributed by atoms with Crippen LogP contribution in [0.25, 0.3) is 0 Å². The molecule has 0 amide bonds. The molecule has 1 aromatic rings. The molecule has 2 unspecified atom stereocenters. The molecule has 2 atom stereocenters. The summed E-state index contributed by atoms with van der Waals surface area (Å²) in [5, 5.41) is 3.64. The first-order valence-electron chi connectivity index (χ1n) is 8.23. The van der Waals surface area contributed by atoms with Crippen LogP contribution in [-0.4, -0.2) is 32.0 Å². The Morgan fingerprint density at radius 2 is 2.14 bits per heavy atom. The van der Waals surface area contributed by atoms with Crippen molar-refractivity contribution in [3.8, 4) is 0 Å². The lowest BCUT2D eigenvalue weighted by atomic mass is 9.77. The molecule has 4 heteroatoms. The van der Waals surface area contributed by atoms with Crippen LogP contribution in [-0.2, 0) is 9.47 Å². The number of hydrogen-bond donors (Lipinski definition) is 1. The molecular weight excluding hydrogens is 266 g/mol. The van der Waals surface area contributed by atoms with E-state index in [-0.39, 0.29) is 5.60 Å². The van der Waals surface area contributed by atoms with E-state index in [1.807, 2.05) is 0 Å². The van der Waals surface area contributed by atoms with Crippen molar-refractivity contribution >= 4 is 0 Å². The van der Waals surface area contributed by atoms with Gasteiger partial charge in [0.05, 0.1) is 17.9 Å². The number of ether oxygens (including phenoxy) is 2. The lowest BCUT2D eigenvalue weighted by Gasteiger charge is -2.45. The molecule has 21 heavy (non-hydrogen) atoms. The lowest BCUT2D eigenvalue weighted by Crippen LogP contribution is -2.47. The average molecular weight is 293 g/mol. The van der Waals surface area contributed by atoms with Crippen LogP contribution in [0.15, 0.2) is 16.7 Å². The van der Waals surface area contributed by atoms with Crippen molar-refractivity contribution in [1.82, 2.24) is 5.32 Å². The van der Waals surface area contributed by atoms with Gasteiger partial charge in [-0.1, -0.05) is 6.92 Å². The van der Waals surface area contributed by atoms with Gasteiger partial charge in [0.15, 0.2) is 0 Å². The van der Waals surface area contributed by atoms with E-state index in [9.17, 15) is 0 Å². The third-order valence-electron chi connectivity index (χ3n) is 5.01. The summed E-state index contributed by atoms with van der Waals surface area (Å²) in [7, 11) is 0. The van der Waals surface area contributed by atoms with Gasteiger partial charge in [0.2, 0.25) is 0 Å². The quantitative estimate of drug-likeness (QED) is 0.925. The molecule has 2 saturated heterocycles. The first kappa shape index (κ1) is 15.1. The Hall–Kier alpha value is -0.840. The third-order valence-corrected chi connectivity index (χ3v) is 5.01. The van der Waals surface area contributed by atoms with Crippen molar-refractivity contribution in [2.75, 3.05) is 26.4 Å². The summed E-state index contributed by atoms with van der Waals surface area (Å²) >= 11 is 0. The second-order valence-corrected chi connectivity index (χ2v) is 6.40. The van der Waals surface area contributed by atoms with Crippen molar-refractivity contribution in [2.24, 2.45) is 5.92 Å². The molecule has 0 aliphatic carbocycles. The molecule has 0 bridgehead atoms. The highest BCUT2D eigenvalue weighted by atomic mass is 16.5. The zero-order chi connectivity index (χ0) is 14.7. The fourth-order valence-electron chi connectivity index (χ4n) is 3.84. The van der Waals surface area contributed by atoms with Crippen molar-refractivity contribution in [3.63, 3.8) is 0 Å². The smallest absolute Gasteiger partial charge is 0.123 e. The van der Waals surface area contributed by atoms with E-state index < -0.39 is 0 Å². The fraction of sp³-hybridized carbons (Fsp3) is 0.765. The second-order valence-electron chi connectivity index (χ2n) is 6.40. The molecule has 4 nitrogen and oxygen atoms in total. The van der Waals surface area contributed by atoms with Crippen molar-refractivity contribution in [3.05, 3.63) is 23.7 Å². The largest absolute Gasteiger partial charge is 0.467 e. The van der Waals surface area contributed by atoms with Crippen LogP contribution in [0, 0.1) is 12.8 Å². The zero-order valence-electron chi connectivity index (χ0n) is 13.2. The van der Waals surface area contributed by atoms with Gasteiger partial charge in [-0.25, -0.2) is 0 Å². The maximum atomic E-state index is 6.17. The molecule has 3 rings (SSSR count). The molecule has 2 fully saturated rings. The summed E-state index contributed by atoms with van der Waals surface area (Å²) in [6, 6.07) is 2.36. The highest BCUT2D eigenvalue weighted by Gasteiger charge is 2.42. The van der Waals surface area contributed by atoms with E-state index >= 15 is 0 Å². The van der Waals surface area contributed by atoms with Crippen LogP contribution < -0.4 is 5.32 Å². The van der Waals surface area contributed by atoms with Crippen LogP contribution in [0.2, 0.25) is 0 Å². The van der Waals surface area contributed by atoms with Crippen molar-refractivity contribution in [1.29, 1.82) is 0 Å². The maximum absolute atomic E-state index is 6.17. The van der Waals surface area contributed by atoms with Gasteiger partial charge in [-0.15, -0.1) is 0 Å². The topological polar surface area (TPSA) is 43.6 Å². The Kier molecular flexibility index (Phi) is 4.67. The highest BCUT2D eigenvalue weighted by Crippen LogP contribution is 2.42. The van der Waals surface area contributed by atoms with Gasteiger partial charge in [0.1, 0.15) is 5.76 Å². The summed E-state index contributed by atoms with van der Waals surface area (Å²) in [5.74, 6) is 1.67. The molecule has 0 radical (unpaired) electrons. The van der Waals surface area contributed by atoms with E-state index in [0.29, 0.717) is 12.0 Å². The Morgan fingerprint density at radius 3 is 2.81 bits per heavy atom. The number of nitrogens with one attached hydrogen (secondary N) is 1. The number of aryl methyl sites for hydroxylation is 1. The average Bonchev–Trinajstić information content (AvgIpc) is 2.91. The van der Waals surface area contributed by atoms with Gasteiger partial charge in [0, 0.05) is 19.8 Å². The van der Waals surface area contributed by atoms with Crippen LogP contribution >= 0.6 is 0 Å². The molecule has 1 aromatic heterocycles. The van der Waals surface area contributed by atoms with Gasteiger partial charge < -0.3 is 19.2 Å². The molecule has 3 heterocycles. The highest BCUT2D eigenvalue weighted by molar-refractivity contribution is 5.19. The molecule has 1 N–H and O–H groups in total. The fourth-order valence-corrected chi connectivity index (χ4v) is 3.84. The summed E-state index contributed by atoms with van der Waals surface area (Å²) in [6.45, 7) is 7.77. The summed E-state index contributed by atoms with van der Waals surface area (Å²) in [6.07, 6.45) is 6.06. The molecular formula is C17H27NO3. The first-order valence-corrected chi connectivity index (χ1v) is 8.23.